The Balaban J connectivity index is 2.56. The Morgan fingerprint density at radius 2 is 2.43 bits per heavy atom. The van der Waals surface area contributed by atoms with Crippen LogP contribution >= 0.6 is 0 Å². The second kappa shape index (κ2) is 5.45. The molecule has 0 radical (unpaired) electrons. The molecule has 7 heavy (non-hydrogen) atoms. The summed E-state index contributed by atoms with van der Waals surface area (Å²) in [6, 6.07) is 0. The Morgan fingerprint density at radius 1 is 1.71 bits per heavy atom. The maximum Gasteiger partial charge on any atom is 0.325 e. The summed E-state index contributed by atoms with van der Waals surface area (Å²) in [4.78, 5) is 0. The zero-order valence-electron chi connectivity index (χ0n) is 4.68. The first-order valence-electron chi connectivity index (χ1n) is 2.56. The van der Waals surface area contributed by atoms with Crippen LogP contribution in [0.1, 0.15) is 19.8 Å². The number of ether oxygens (including phenoxy) is 1. The smallest absolute Gasteiger partial charge is 0.325 e. The Kier molecular flexibility index (Phi) is 5.02. The molecule has 0 aliphatic heterocycles. The lowest BCUT2D eigenvalue weighted by Crippen LogP contribution is -1.83. The molecule has 40 valence electrons. The Hall–Kier alpha value is -0.550. The minimum absolute atomic E-state index is 0.757. The third kappa shape index (κ3) is 5.45. The molecule has 0 saturated carbocycles. The van der Waals surface area contributed by atoms with Crippen molar-refractivity contribution in [2.75, 3.05) is 6.61 Å². The molecule has 1 nitrogen and oxygen atoms in total. The van der Waals surface area contributed by atoms with Crippen molar-refractivity contribution in [3.63, 3.8) is 0 Å². The van der Waals surface area contributed by atoms with Crippen LogP contribution < -0.4 is 0 Å². The van der Waals surface area contributed by atoms with E-state index in [9.17, 15) is 0 Å². The number of unbranched alkanes of at least 4 members (excludes halogenated alkanes) is 1. The maximum atomic E-state index is 4.92. The van der Waals surface area contributed by atoms with E-state index in [0.29, 0.717) is 0 Å². The van der Waals surface area contributed by atoms with E-state index in [2.05, 4.69) is 6.92 Å². The molecule has 0 aromatic carbocycles. The van der Waals surface area contributed by atoms with Crippen LogP contribution in [0.25, 0.3) is 0 Å². The highest BCUT2D eigenvalue weighted by Gasteiger charge is 1.79. The van der Waals surface area contributed by atoms with Gasteiger partial charge in [-0.2, -0.15) is 0 Å². The maximum absolute atomic E-state index is 4.92. The molecule has 0 aliphatic rings. The van der Waals surface area contributed by atoms with Crippen LogP contribution in [-0.4, -0.2) is 6.61 Å². The largest absolute Gasteiger partial charge is 0.459 e. The summed E-state index contributed by atoms with van der Waals surface area (Å²) in [6.07, 6.45) is 3.48. The van der Waals surface area contributed by atoms with E-state index in [1.54, 1.807) is 0 Å². The van der Waals surface area contributed by atoms with Gasteiger partial charge in [0.2, 0.25) is 6.58 Å². The fourth-order valence-electron chi connectivity index (χ4n) is 0.296. The lowest BCUT2D eigenvalue weighted by molar-refractivity contribution is 0.244. The lowest BCUT2D eigenvalue weighted by Gasteiger charge is -1.89. The van der Waals surface area contributed by atoms with Gasteiger partial charge in [-0.15, -0.1) is 0 Å². The SMILES string of the molecule is [CH+]=COCCCC. The molecule has 1 heteroatoms. The van der Waals surface area contributed by atoms with Crippen LogP contribution in [-0.2, 0) is 4.74 Å². The summed E-state index contributed by atoms with van der Waals surface area (Å²) in [5.74, 6) is 0. The van der Waals surface area contributed by atoms with E-state index in [0.717, 1.165) is 19.4 Å². The summed E-state index contributed by atoms with van der Waals surface area (Å²) in [5.41, 5.74) is 0. The van der Waals surface area contributed by atoms with E-state index in [-0.39, 0.29) is 0 Å². The number of rotatable bonds is 4. The molecule has 0 unspecified atom stereocenters. The third-order valence-corrected chi connectivity index (χ3v) is 0.712. The van der Waals surface area contributed by atoms with Crippen molar-refractivity contribution in [2.45, 2.75) is 19.8 Å². The van der Waals surface area contributed by atoms with Gasteiger partial charge in [0.1, 0.15) is 0 Å². The predicted molar refractivity (Wildman–Crippen MR) is 29.7 cm³/mol. The van der Waals surface area contributed by atoms with Crippen molar-refractivity contribution < 1.29 is 4.74 Å². The Labute approximate surface area is 45.0 Å². The van der Waals surface area contributed by atoms with Gasteiger partial charge in [-0.3, -0.25) is 0 Å². The summed E-state index contributed by atoms with van der Waals surface area (Å²) >= 11 is 0. The first-order valence-corrected chi connectivity index (χ1v) is 2.56. The summed E-state index contributed by atoms with van der Waals surface area (Å²) < 4.78 is 4.73. The molecular formula is C6H11O+. The fraction of sp³-hybridized carbons (Fsp3) is 0.667. The number of hydrogen-bond donors (Lipinski definition) is 0. The van der Waals surface area contributed by atoms with Gasteiger partial charge in [-0.1, -0.05) is 13.3 Å². The molecule has 0 spiro atoms. The quantitative estimate of drug-likeness (QED) is 0.296. The topological polar surface area (TPSA) is 9.23 Å². The summed E-state index contributed by atoms with van der Waals surface area (Å²) in [6.45, 7) is 7.79. The van der Waals surface area contributed by atoms with Crippen molar-refractivity contribution in [1.82, 2.24) is 0 Å². The van der Waals surface area contributed by atoms with Crippen molar-refractivity contribution >= 4 is 0 Å². The molecule has 0 heterocycles. The molecular weight excluding hydrogens is 88.1 g/mol. The van der Waals surface area contributed by atoms with Crippen LogP contribution in [0.3, 0.4) is 0 Å². The van der Waals surface area contributed by atoms with Crippen LogP contribution in [0.4, 0.5) is 0 Å². The second-order valence-corrected chi connectivity index (χ2v) is 1.36. The van der Waals surface area contributed by atoms with E-state index in [1.807, 2.05) is 0 Å². The highest BCUT2D eigenvalue weighted by Crippen LogP contribution is 1.85. The summed E-state index contributed by atoms with van der Waals surface area (Å²) in [5, 5.41) is 0. The van der Waals surface area contributed by atoms with Crippen LogP contribution in [0.5, 0.6) is 0 Å². The molecule has 0 fully saturated rings. The minimum Gasteiger partial charge on any atom is -0.459 e. The van der Waals surface area contributed by atoms with Crippen molar-refractivity contribution in [3.8, 4) is 0 Å². The average Bonchev–Trinajstić information content (AvgIpc) is 1.69. The van der Waals surface area contributed by atoms with Gasteiger partial charge >= 0.3 is 6.26 Å². The Bertz CT molecular complexity index is 41.4. The highest BCUT2D eigenvalue weighted by atomic mass is 16.5. The molecule has 0 saturated heterocycles. The van der Waals surface area contributed by atoms with Gasteiger partial charge in [0.05, 0.1) is 6.61 Å². The van der Waals surface area contributed by atoms with Crippen LogP contribution in [0, 0.1) is 6.58 Å². The molecule has 0 aliphatic carbocycles. The van der Waals surface area contributed by atoms with E-state index < -0.39 is 0 Å². The molecule has 0 atom stereocenters. The molecule has 0 amide bonds. The fourth-order valence-corrected chi connectivity index (χ4v) is 0.296. The summed E-state index contributed by atoms with van der Waals surface area (Å²) in [7, 11) is 0. The minimum atomic E-state index is 0.757. The molecule has 0 aromatic rings. The van der Waals surface area contributed by atoms with Crippen LogP contribution in [0.2, 0.25) is 0 Å². The van der Waals surface area contributed by atoms with Gasteiger partial charge in [-0.05, 0) is 6.42 Å². The van der Waals surface area contributed by atoms with E-state index >= 15 is 0 Å². The van der Waals surface area contributed by atoms with Gasteiger partial charge in [0, 0.05) is 0 Å². The zero-order valence-corrected chi connectivity index (χ0v) is 4.68. The lowest BCUT2D eigenvalue weighted by atomic mass is 10.4. The van der Waals surface area contributed by atoms with E-state index in [1.165, 1.54) is 6.26 Å². The first kappa shape index (κ1) is 6.45. The van der Waals surface area contributed by atoms with Crippen molar-refractivity contribution in [2.24, 2.45) is 0 Å². The average molecular weight is 99.2 g/mol. The second-order valence-electron chi connectivity index (χ2n) is 1.36. The number of hydrogen-bond acceptors (Lipinski definition) is 1. The van der Waals surface area contributed by atoms with Crippen LogP contribution in [0.15, 0.2) is 6.26 Å². The molecule has 0 rings (SSSR count). The van der Waals surface area contributed by atoms with Gasteiger partial charge in [-0.25, -0.2) is 0 Å². The Morgan fingerprint density at radius 3 is 2.86 bits per heavy atom. The van der Waals surface area contributed by atoms with Crippen molar-refractivity contribution in [1.29, 1.82) is 0 Å². The van der Waals surface area contributed by atoms with Gasteiger partial charge < -0.3 is 4.74 Å². The predicted octanol–water partition coefficient (Wildman–Crippen LogP) is 1.75. The molecule has 0 bridgehead atoms. The van der Waals surface area contributed by atoms with Gasteiger partial charge in [0.15, 0.2) is 0 Å². The highest BCUT2D eigenvalue weighted by molar-refractivity contribution is 4.42. The normalized spacial score (nSPS) is 8.00. The van der Waals surface area contributed by atoms with E-state index in [4.69, 9.17) is 11.3 Å². The van der Waals surface area contributed by atoms with Gasteiger partial charge in [0.25, 0.3) is 0 Å². The first-order chi connectivity index (χ1) is 3.41. The third-order valence-electron chi connectivity index (χ3n) is 0.712. The standard InChI is InChI=1S/C6H11O/c1-3-5-6-7-4-2/h2,4H,3,5-6H2,1H3/q+1. The zero-order chi connectivity index (χ0) is 5.54. The molecule has 0 aromatic heterocycles. The monoisotopic (exact) mass is 99.1 g/mol. The molecule has 0 N–H and O–H groups in total. The van der Waals surface area contributed by atoms with Crippen molar-refractivity contribution in [3.05, 3.63) is 12.8 Å².